The molecule has 0 aliphatic carbocycles. The van der Waals surface area contributed by atoms with Crippen molar-refractivity contribution in [1.82, 2.24) is 4.90 Å². The first-order valence-electron chi connectivity index (χ1n) is 7.29. The Morgan fingerprint density at radius 1 is 1.32 bits per heavy atom. The number of benzene rings is 1. The zero-order valence-electron chi connectivity index (χ0n) is 12.8. The van der Waals surface area contributed by atoms with Crippen molar-refractivity contribution in [1.29, 1.82) is 0 Å². The molecule has 0 radical (unpaired) electrons. The Morgan fingerprint density at radius 3 is 2.64 bits per heavy atom. The predicted octanol–water partition coefficient (Wildman–Crippen LogP) is 2.64. The first-order chi connectivity index (χ1) is 10.2. The number of nitrogens with two attached hydrogens (primary N) is 1. The van der Waals surface area contributed by atoms with E-state index in [-0.39, 0.29) is 18.3 Å². The molecular weight excluding hydrogens is 298 g/mol. The van der Waals surface area contributed by atoms with Gasteiger partial charge in [0.2, 0.25) is 5.91 Å². The number of amides is 1. The molecule has 1 amide bonds. The molecule has 120 valence electrons. The van der Waals surface area contributed by atoms with Gasteiger partial charge in [-0.25, -0.2) is 0 Å². The van der Waals surface area contributed by atoms with E-state index in [1.165, 1.54) is 0 Å². The van der Waals surface area contributed by atoms with Crippen LogP contribution in [-0.4, -0.2) is 37.0 Å². The highest BCUT2D eigenvalue weighted by Gasteiger charge is 2.22. The SMILES string of the molecule is C=CCN(CC=C)C(=O)CN1CCCc2c(N)cccc21.Cl. The van der Waals surface area contributed by atoms with Crippen LogP contribution in [0.5, 0.6) is 0 Å². The van der Waals surface area contributed by atoms with Crippen molar-refractivity contribution < 1.29 is 4.79 Å². The minimum atomic E-state index is 0. The summed E-state index contributed by atoms with van der Waals surface area (Å²) in [7, 11) is 0. The van der Waals surface area contributed by atoms with Gasteiger partial charge >= 0.3 is 0 Å². The standard InChI is InChI=1S/C17H23N3O.ClH/c1-3-10-19(11-4-2)17(21)13-20-12-6-7-14-15(18)8-5-9-16(14)20;/h3-5,8-9H,1-2,6-7,10-13,18H2;1H. The maximum atomic E-state index is 12.4. The lowest BCUT2D eigenvalue weighted by Crippen LogP contribution is -2.42. The summed E-state index contributed by atoms with van der Waals surface area (Å²) >= 11 is 0. The molecule has 2 N–H and O–H groups in total. The fraction of sp³-hybridized carbons (Fsp3) is 0.353. The maximum Gasteiger partial charge on any atom is 0.242 e. The Balaban J connectivity index is 0.00000242. The number of hydrogen-bond acceptors (Lipinski definition) is 3. The van der Waals surface area contributed by atoms with Gasteiger partial charge in [-0.2, -0.15) is 0 Å². The zero-order chi connectivity index (χ0) is 15.2. The Kier molecular flexibility index (Phi) is 6.99. The van der Waals surface area contributed by atoms with E-state index in [0.717, 1.165) is 36.3 Å². The smallest absolute Gasteiger partial charge is 0.242 e. The number of rotatable bonds is 6. The first kappa shape index (κ1) is 18.1. The van der Waals surface area contributed by atoms with Crippen molar-refractivity contribution in [2.45, 2.75) is 12.8 Å². The van der Waals surface area contributed by atoms with Crippen molar-refractivity contribution in [3.63, 3.8) is 0 Å². The van der Waals surface area contributed by atoms with Gasteiger partial charge < -0.3 is 15.5 Å². The van der Waals surface area contributed by atoms with Crippen LogP contribution in [-0.2, 0) is 11.2 Å². The molecule has 1 aromatic rings. The third kappa shape index (κ3) is 4.04. The summed E-state index contributed by atoms with van der Waals surface area (Å²) in [5.41, 5.74) is 9.11. The minimum absolute atomic E-state index is 0. The van der Waals surface area contributed by atoms with E-state index in [9.17, 15) is 4.79 Å². The quantitative estimate of drug-likeness (QED) is 0.647. The predicted molar refractivity (Wildman–Crippen MR) is 95.6 cm³/mol. The van der Waals surface area contributed by atoms with Crippen molar-refractivity contribution in [2.75, 3.05) is 36.8 Å². The van der Waals surface area contributed by atoms with E-state index in [1.807, 2.05) is 18.2 Å². The van der Waals surface area contributed by atoms with Crippen LogP contribution >= 0.6 is 12.4 Å². The number of hydrogen-bond donors (Lipinski definition) is 1. The van der Waals surface area contributed by atoms with Crippen molar-refractivity contribution >= 4 is 29.7 Å². The number of nitrogens with zero attached hydrogens (tertiary/aromatic N) is 2. The molecule has 0 bridgehead atoms. The molecular formula is C17H24ClN3O. The van der Waals surface area contributed by atoms with Crippen LogP contribution in [0.15, 0.2) is 43.5 Å². The lowest BCUT2D eigenvalue weighted by Gasteiger charge is -2.33. The summed E-state index contributed by atoms with van der Waals surface area (Å²) in [5, 5.41) is 0. The molecule has 0 spiro atoms. The van der Waals surface area contributed by atoms with Gasteiger partial charge in [0.1, 0.15) is 0 Å². The molecule has 22 heavy (non-hydrogen) atoms. The Morgan fingerprint density at radius 2 is 2.00 bits per heavy atom. The number of carbonyl (C=O) groups excluding carboxylic acids is 1. The lowest BCUT2D eigenvalue weighted by atomic mass is 10.00. The molecule has 0 fully saturated rings. The third-order valence-corrected chi connectivity index (χ3v) is 3.76. The molecule has 4 nitrogen and oxygen atoms in total. The summed E-state index contributed by atoms with van der Waals surface area (Å²) < 4.78 is 0. The molecule has 1 aliphatic heterocycles. The van der Waals surface area contributed by atoms with Crippen LogP contribution in [0.25, 0.3) is 0 Å². The van der Waals surface area contributed by atoms with Gasteiger partial charge in [-0.05, 0) is 30.5 Å². The topological polar surface area (TPSA) is 49.6 Å². The van der Waals surface area contributed by atoms with Gasteiger partial charge in [0.15, 0.2) is 0 Å². The average Bonchev–Trinajstić information content (AvgIpc) is 2.48. The van der Waals surface area contributed by atoms with Crippen LogP contribution < -0.4 is 10.6 Å². The Bertz CT molecular complexity index is 535. The minimum Gasteiger partial charge on any atom is -0.398 e. The van der Waals surface area contributed by atoms with E-state index in [2.05, 4.69) is 18.1 Å². The first-order valence-corrected chi connectivity index (χ1v) is 7.29. The van der Waals surface area contributed by atoms with Crippen molar-refractivity contribution in [3.05, 3.63) is 49.1 Å². The molecule has 2 rings (SSSR count). The van der Waals surface area contributed by atoms with Gasteiger partial charge in [0.25, 0.3) is 0 Å². The van der Waals surface area contributed by atoms with E-state index in [0.29, 0.717) is 19.6 Å². The number of fused-ring (bicyclic) bond motifs is 1. The zero-order valence-corrected chi connectivity index (χ0v) is 13.6. The number of nitrogen functional groups attached to an aromatic ring is 1. The third-order valence-electron chi connectivity index (χ3n) is 3.76. The van der Waals surface area contributed by atoms with Gasteiger partial charge in [-0.1, -0.05) is 18.2 Å². The van der Waals surface area contributed by atoms with Gasteiger partial charge in [0.05, 0.1) is 6.54 Å². The van der Waals surface area contributed by atoms with Crippen molar-refractivity contribution in [2.24, 2.45) is 0 Å². The highest BCUT2D eigenvalue weighted by molar-refractivity contribution is 5.85. The summed E-state index contributed by atoms with van der Waals surface area (Å²) in [5.74, 6) is 0.0880. The normalized spacial score (nSPS) is 12.8. The highest BCUT2D eigenvalue weighted by atomic mass is 35.5. The fourth-order valence-electron chi connectivity index (χ4n) is 2.75. The van der Waals surface area contributed by atoms with E-state index in [1.54, 1.807) is 17.1 Å². The van der Waals surface area contributed by atoms with Crippen LogP contribution in [0.2, 0.25) is 0 Å². The van der Waals surface area contributed by atoms with Gasteiger partial charge in [-0.15, -0.1) is 25.6 Å². The number of anilines is 2. The Labute approximate surface area is 138 Å². The second-order valence-electron chi connectivity index (χ2n) is 5.25. The second-order valence-corrected chi connectivity index (χ2v) is 5.25. The molecule has 1 aliphatic rings. The van der Waals surface area contributed by atoms with Crippen molar-refractivity contribution in [3.8, 4) is 0 Å². The molecule has 0 saturated carbocycles. The molecule has 5 heteroatoms. The molecule has 1 heterocycles. The lowest BCUT2D eigenvalue weighted by molar-refractivity contribution is -0.128. The van der Waals surface area contributed by atoms with E-state index in [4.69, 9.17) is 5.73 Å². The highest BCUT2D eigenvalue weighted by Crippen LogP contribution is 2.31. The molecule has 0 atom stereocenters. The van der Waals surface area contributed by atoms with E-state index >= 15 is 0 Å². The Hall–Kier alpha value is -1.94. The average molecular weight is 322 g/mol. The molecule has 0 unspecified atom stereocenters. The molecule has 0 aromatic heterocycles. The molecule has 1 aromatic carbocycles. The summed E-state index contributed by atoms with van der Waals surface area (Å²) in [4.78, 5) is 16.3. The molecule has 0 saturated heterocycles. The summed E-state index contributed by atoms with van der Waals surface area (Å²) in [6, 6.07) is 5.91. The van der Waals surface area contributed by atoms with Crippen LogP contribution in [0.3, 0.4) is 0 Å². The van der Waals surface area contributed by atoms with Gasteiger partial charge in [0, 0.05) is 31.0 Å². The van der Waals surface area contributed by atoms with Crippen LogP contribution in [0.1, 0.15) is 12.0 Å². The maximum absolute atomic E-state index is 12.4. The van der Waals surface area contributed by atoms with E-state index < -0.39 is 0 Å². The van der Waals surface area contributed by atoms with Gasteiger partial charge in [-0.3, -0.25) is 4.79 Å². The second kappa shape index (κ2) is 8.49. The largest absolute Gasteiger partial charge is 0.398 e. The monoisotopic (exact) mass is 321 g/mol. The number of halogens is 1. The van der Waals surface area contributed by atoms with Crippen LogP contribution in [0, 0.1) is 0 Å². The summed E-state index contributed by atoms with van der Waals surface area (Å²) in [6.07, 6.45) is 5.49. The summed E-state index contributed by atoms with van der Waals surface area (Å²) in [6.45, 7) is 9.75. The van der Waals surface area contributed by atoms with Crippen LogP contribution in [0.4, 0.5) is 11.4 Å². The fourth-order valence-corrected chi connectivity index (χ4v) is 2.75. The number of carbonyl (C=O) groups is 1.